The topological polar surface area (TPSA) is 58.2 Å². The highest BCUT2D eigenvalue weighted by molar-refractivity contribution is 7.91. The van der Waals surface area contributed by atoms with Gasteiger partial charge >= 0.3 is 0 Å². The molecule has 0 unspecified atom stereocenters. The Morgan fingerprint density at radius 3 is 2.76 bits per heavy atom. The summed E-state index contributed by atoms with van der Waals surface area (Å²) in [5.41, 5.74) is 1.35. The third-order valence-corrected chi connectivity index (χ3v) is 7.49. The highest BCUT2D eigenvalue weighted by atomic mass is 32.2. The Balaban J connectivity index is 1.56. The highest BCUT2D eigenvalue weighted by Gasteiger charge is 2.53. The molecule has 0 amide bonds. The van der Waals surface area contributed by atoms with E-state index in [0.717, 1.165) is 31.0 Å². The lowest BCUT2D eigenvalue weighted by molar-refractivity contribution is 0.432. The van der Waals surface area contributed by atoms with Crippen LogP contribution in [0, 0.1) is 11.3 Å². The fraction of sp³-hybridized carbons (Fsp3) is 0.733. The predicted octanol–water partition coefficient (Wildman–Crippen LogP) is 2.72. The molecule has 1 aromatic rings. The van der Waals surface area contributed by atoms with Gasteiger partial charge in [-0.2, -0.15) is 0 Å². The predicted molar refractivity (Wildman–Crippen MR) is 85.9 cm³/mol. The van der Waals surface area contributed by atoms with E-state index >= 15 is 0 Å². The molecule has 2 fully saturated rings. The second-order valence-corrected chi connectivity index (χ2v) is 9.32. The first-order valence-electron chi connectivity index (χ1n) is 7.83. The minimum absolute atomic E-state index is 0.301. The molecule has 118 valence electrons. The summed E-state index contributed by atoms with van der Waals surface area (Å²) in [5, 5.41) is 5.23. The van der Waals surface area contributed by atoms with Gasteiger partial charge < -0.3 is 5.32 Å². The summed E-state index contributed by atoms with van der Waals surface area (Å²) >= 11 is 1.32. The molecule has 6 heteroatoms. The molecule has 21 heavy (non-hydrogen) atoms. The third-order valence-electron chi connectivity index (χ3n) is 4.60. The Bertz CT molecular complexity index is 587. The first kappa shape index (κ1) is 15.5. The van der Waals surface area contributed by atoms with Crippen LogP contribution in [0.5, 0.6) is 0 Å². The zero-order valence-electron chi connectivity index (χ0n) is 12.5. The van der Waals surface area contributed by atoms with Crippen molar-refractivity contribution >= 4 is 21.4 Å². The number of nitrogens with one attached hydrogen (secondary N) is 2. The van der Waals surface area contributed by atoms with Crippen molar-refractivity contribution in [2.24, 2.45) is 11.3 Å². The van der Waals surface area contributed by atoms with Crippen molar-refractivity contribution in [3.05, 3.63) is 17.0 Å². The van der Waals surface area contributed by atoms with Gasteiger partial charge in [0.25, 0.3) is 0 Å². The van der Waals surface area contributed by atoms with E-state index in [1.54, 1.807) is 6.07 Å². The minimum atomic E-state index is -3.33. The number of sulfonamides is 1. The van der Waals surface area contributed by atoms with Crippen LogP contribution in [0.25, 0.3) is 0 Å². The van der Waals surface area contributed by atoms with Gasteiger partial charge in [-0.3, -0.25) is 0 Å². The van der Waals surface area contributed by atoms with Crippen LogP contribution in [-0.4, -0.2) is 21.5 Å². The molecule has 0 aliphatic heterocycles. The second kappa shape index (κ2) is 5.99. The van der Waals surface area contributed by atoms with Gasteiger partial charge in [0.2, 0.25) is 10.0 Å². The first-order chi connectivity index (χ1) is 10.1. The number of rotatable bonds is 9. The summed E-state index contributed by atoms with van der Waals surface area (Å²) in [5.74, 6) is 0.775. The highest BCUT2D eigenvalue weighted by Crippen LogP contribution is 2.60. The second-order valence-electron chi connectivity index (χ2n) is 6.41. The fourth-order valence-corrected chi connectivity index (χ4v) is 5.28. The Labute approximate surface area is 131 Å². The minimum Gasteiger partial charge on any atom is -0.313 e. The zero-order valence-corrected chi connectivity index (χ0v) is 14.2. The largest absolute Gasteiger partial charge is 0.313 e. The van der Waals surface area contributed by atoms with E-state index < -0.39 is 10.0 Å². The van der Waals surface area contributed by atoms with Crippen molar-refractivity contribution in [1.82, 2.24) is 10.0 Å². The smallest absolute Gasteiger partial charge is 0.250 e. The number of hydrogen-bond donors (Lipinski definition) is 2. The lowest BCUT2D eigenvalue weighted by Gasteiger charge is -2.14. The summed E-state index contributed by atoms with van der Waals surface area (Å²) in [4.78, 5) is 0. The van der Waals surface area contributed by atoms with Gasteiger partial charge in [0, 0.05) is 13.1 Å². The molecule has 2 saturated carbocycles. The maximum absolute atomic E-state index is 12.4. The molecule has 2 aliphatic carbocycles. The van der Waals surface area contributed by atoms with Gasteiger partial charge in [-0.05, 0) is 67.0 Å². The van der Waals surface area contributed by atoms with E-state index in [-0.39, 0.29) is 0 Å². The molecule has 0 atom stereocenters. The molecule has 1 heterocycles. The van der Waals surface area contributed by atoms with Gasteiger partial charge in [0.05, 0.1) is 0 Å². The molecule has 4 nitrogen and oxygen atoms in total. The van der Waals surface area contributed by atoms with Crippen LogP contribution in [-0.2, 0) is 16.6 Å². The number of thiophene rings is 1. The van der Waals surface area contributed by atoms with E-state index in [9.17, 15) is 8.42 Å². The fourth-order valence-electron chi connectivity index (χ4n) is 2.89. The molecule has 2 aliphatic rings. The Morgan fingerprint density at radius 1 is 1.38 bits per heavy atom. The van der Waals surface area contributed by atoms with E-state index in [4.69, 9.17) is 0 Å². The van der Waals surface area contributed by atoms with Crippen molar-refractivity contribution in [2.75, 3.05) is 13.1 Å². The summed E-state index contributed by atoms with van der Waals surface area (Å²) in [6.45, 7) is 4.45. The molecular formula is C15H24N2O2S2. The van der Waals surface area contributed by atoms with Crippen molar-refractivity contribution in [1.29, 1.82) is 0 Å². The van der Waals surface area contributed by atoms with Crippen LogP contribution >= 0.6 is 11.3 Å². The maximum Gasteiger partial charge on any atom is 0.250 e. The van der Waals surface area contributed by atoms with Gasteiger partial charge in [0.1, 0.15) is 4.21 Å². The molecule has 1 aromatic heterocycles. The van der Waals surface area contributed by atoms with Crippen molar-refractivity contribution < 1.29 is 8.42 Å². The summed E-state index contributed by atoms with van der Waals surface area (Å²) in [6.07, 6.45) is 6.04. The average Bonchev–Trinajstić information content (AvgIpc) is 3.35. The SMILES string of the molecule is CCCNCc1csc(S(=O)(=O)NCC2(C3CC3)CC2)c1. The quantitative estimate of drug-likeness (QED) is 0.685. The Morgan fingerprint density at radius 2 is 2.14 bits per heavy atom. The summed E-state index contributed by atoms with van der Waals surface area (Å²) < 4.78 is 28.0. The Kier molecular flexibility index (Phi) is 4.41. The van der Waals surface area contributed by atoms with Crippen LogP contribution in [0.2, 0.25) is 0 Å². The molecule has 0 bridgehead atoms. The normalized spacial score (nSPS) is 20.6. The van der Waals surface area contributed by atoms with Gasteiger partial charge in [0.15, 0.2) is 0 Å². The molecule has 2 N–H and O–H groups in total. The van der Waals surface area contributed by atoms with Crippen molar-refractivity contribution in [3.8, 4) is 0 Å². The third kappa shape index (κ3) is 3.67. The van der Waals surface area contributed by atoms with Crippen LogP contribution in [0.1, 0.15) is 44.6 Å². The first-order valence-corrected chi connectivity index (χ1v) is 10.2. The van der Waals surface area contributed by atoms with Crippen LogP contribution < -0.4 is 10.0 Å². The number of hydrogen-bond acceptors (Lipinski definition) is 4. The van der Waals surface area contributed by atoms with Crippen molar-refractivity contribution in [2.45, 2.75) is 49.8 Å². The lowest BCUT2D eigenvalue weighted by atomic mass is 10.0. The van der Waals surface area contributed by atoms with Crippen LogP contribution in [0.4, 0.5) is 0 Å². The maximum atomic E-state index is 12.4. The van der Waals surface area contributed by atoms with Gasteiger partial charge in [-0.1, -0.05) is 6.92 Å². The monoisotopic (exact) mass is 328 g/mol. The molecular weight excluding hydrogens is 304 g/mol. The zero-order chi connectivity index (χ0) is 14.9. The van der Waals surface area contributed by atoms with E-state index in [0.29, 0.717) is 16.2 Å². The Hall–Kier alpha value is -0.430. The summed E-state index contributed by atoms with van der Waals surface area (Å²) in [7, 11) is -3.33. The molecule has 0 radical (unpaired) electrons. The van der Waals surface area contributed by atoms with Crippen LogP contribution in [0.15, 0.2) is 15.7 Å². The molecule has 3 rings (SSSR count). The average molecular weight is 329 g/mol. The van der Waals surface area contributed by atoms with Gasteiger partial charge in [-0.25, -0.2) is 13.1 Å². The van der Waals surface area contributed by atoms with E-state index in [1.807, 2.05) is 5.38 Å². The lowest BCUT2D eigenvalue weighted by Crippen LogP contribution is -2.30. The summed E-state index contributed by atoms with van der Waals surface area (Å²) in [6, 6.07) is 1.80. The van der Waals surface area contributed by atoms with E-state index in [1.165, 1.54) is 37.0 Å². The standard InChI is InChI=1S/C15H24N2O2S2/c1-2-7-16-9-12-8-14(20-10-12)21(18,19)17-11-15(5-6-15)13-3-4-13/h8,10,13,16-17H,2-7,9,11H2,1H3. The molecule has 0 saturated heterocycles. The van der Waals surface area contributed by atoms with Crippen molar-refractivity contribution in [3.63, 3.8) is 0 Å². The molecule has 0 spiro atoms. The van der Waals surface area contributed by atoms with E-state index in [2.05, 4.69) is 17.0 Å². The van der Waals surface area contributed by atoms with Crippen LogP contribution in [0.3, 0.4) is 0 Å². The molecule has 0 aromatic carbocycles. The van der Waals surface area contributed by atoms with Gasteiger partial charge in [-0.15, -0.1) is 11.3 Å².